The molecule has 86 valence electrons. The van der Waals surface area contributed by atoms with E-state index in [0.717, 1.165) is 11.1 Å². The van der Waals surface area contributed by atoms with Crippen molar-refractivity contribution in [2.45, 2.75) is 32.7 Å². The van der Waals surface area contributed by atoms with E-state index in [1.54, 1.807) is 18.2 Å². The van der Waals surface area contributed by atoms with Gasteiger partial charge in [0.15, 0.2) is 0 Å². The van der Waals surface area contributed by atoms with Crippen LogP contribution in [-0.2, 0) is 0 Å². The van der Waals surface area contributed by atoms with Crippen LogP contribution in [-0.4, -0.2) is 11.0 Å². The van der Waals surface area contributed by atoms with Crippen LogP contribution in [0.5, 0.6) is 0 Å². The van der Waals surface area contributed by atoms with Crippen molar-refractivity contribution in [2.24, 2.45) is 11.1 Å². The summed E-state index contributed by atoms with van der Waals surface area (Å²) in [5.74, 6) is 0.243. The van der Waals surface area contributed by atoms with Gasteiger partial charge in [-0.15, -0.1) is 0 Å². The summed E-state index contributed by atoms with van der Waals surface area (Å²) >= 11 is 0. The minimum absolute atomic E-state index is 0.0555. The molecule has 1 aliphatic rings. The van der Waals surface area contributed by atoms with E-state index in [2.05, 4.69) is 13.8 Å². The molecule has 0 unspecified atom stereocenters. The van der Waals surface area contributed by atoms with Gasteiger partial charge in [0.05, 0.1) is 4.92 Å². The number of non-ortho nitro benzene ring substituents is 1. The maximum absolute atomic E-state index is 10.7. The predicted molar refractivity (Wildman–Crippen MR) is 62.3 cm³/mol. The fourth-order valence-corrected chi connectivity index (χ4v) is 2.35. The average molecular weight is 220 g/mol. The van der Waals surface area contributed by atoms with E-state index in [9.17, 15) is 10.1 Å². The van der Waals surface area contributed by atoms with Crippen molar-refractivity contribution in [1.82, 2.24) is 0 Å². The number of aryl methyl sites for hydroxylation is 1. The Morgan fingerprint density at radius 2 is 2.00 bits per heavy atom. The van der Waals surface area contributed by atoms with Gasteiger partial charge < -0.3 is 5.73 Å². The zero-order valence-corrected chi connectivity index (χ0v) is 9.73. The number of hydrogen-bond donors (Lipinski definition) is 1. The minimum atomic E-state index is -0.357. The van der Waals surface area contributed by atoms with Crippen molar-refractivity contribution in [1.29, 1.82) is 0 Å². The second-order valence-electron chi connectivity index (χ2n) is 5.12. The van der Waals surface area contributed by atoms with Gasteiger partial charge >= 0.3 is 0 Å². The van der Waals surface area contributed by atoms with Crippen molar-refractivity contribution in [2.75, 3.05) is 0 Å². The fourth-order valence-electron chi connectivity index (χ4n) is 2.35. The van der Waals surface area contributed by atoms with E-state index >= 15 is 0 Å². The molecule has 0 radical (unpaired) electrons. The normalized spacial score (nSPS) is 26.5. The smallest absolute Gasteiger partial charge is 0.269 e. The van der Waals surface area contributed by atoms with Gasteiger partial charge in [0, 0.05) is 24.1 Å². The van der Waals surface area contributed by atoms with Crippen LogP contribution in [0.2, 0.25) is 0 Å². The molecule has 0 bridgehead atoms. The first-order valence-electron chi connectivity index (χ1n) is 5.36. The Hall–Kier alpha value is -1.42. The molecule has 4 heteroatoms. The highest BCUT2D eigenvalue weighted by molar-refractivity contribution is 5.46. The first kappa shape index (κ1) is 11.1. The maximum atomic E-state index is 10.7. The predicted octanol–water partition coefficient (Wildman–Crippen LogP) is 2.35. The minimum Gasteiger partial charge on any atom is -0.327 e. The number of rotatable bonds is 2. The molecule has 0 aromatic heterocycles. The van der Waals surface area contributed by atoms with Crippen molar-refractivity contribution in [3.05, 3.63) is 39.4 Å². The summed E-state index contributed by atoms with van der Waals surface area (Å²) in [5.41, 5.74) is 8.31. The standard InChI is InChI=1S/C12H16N2O2/c1-7-4-5-8(14(15)16)6-9(7)10-11(13)12(10,2)3/h4-6,10-11H,13H2,1-3H3/t10-,11-/m1/s1. The SMILES string of the molecule is Cc1ccc([N+](=O)[O-])cc1[C@@H]1[C@@H](N)C1(C)C. The van der Waals surface area contributed by atoms with Crippen LogP contribution < -0.4 is 5.73 Å². The van der Waals surface area contributed by atoms with Gasteiger partial charge in [-0.05, 0) is 23.5 Å². The first-order chi connectivity index (χ1) is 7.35. The third-order valence-corrected chi connectivity index (χ3v) is 3.72. The third kappa shape index (κ3) is 1.50. The molecule has 16 heavy (non-hydrogen) atoms. The highest BCUT2D eigenvalue weighted by Crippen LogP contribution is 2.58. The Labute approximate surface area is 94.6 Å². The first-order valence-corrected chi connectivity index (χ1v) is 5.36. The number of nitrogens with two attached hydrogens (primary N) is 1. The fraction of sp³-hybridized carbons (Fsp3) is 0.500. The van der Waals surface area contributed by atoms with Crippen LogP contribution in [0.4, 0.5) is 5.69 Å². The van der Waals surface area contributed by atoms with Crippen molar-refractivity contribution in [3.63, 3.8) is 0 Å². The van der Waals surface area contributed by atoms with Crippen LogP contribution in [0.1, 0.15) is 30.9 Å². The second-order valence-corrected chi connectivity index (χ2v) is 5.12. The van der Waals surface area contributed by atoms with Crippen LogP contribution in [0.25, 0.3) is 0 Å². The van der Waals surface area contributed by atoms with Crippen LogP contribution >= 0.6 is 0 Å². The van der Waals surface area contributed by atoms with Crippen molar-refractivity contribution < 1.29 is 4.92 Å². The quantitative estimate of drug-likeness (QED) is 0.614. The Balaban J connectivity index is 2.42. The van der Waals surface area contributed by atoms with Gasteiger partial charge in [-0.3, -0.25) is 10.1 Å². The summed E-state index contributed by atoms with van der Waals surface area (Å²) in [7, 11) is 0. The van der Waals surface area contributed by atoms with E-state index in [1.807, 2.05) is 6.92 Å². The summed E-state index contributed by atoms with van der Waals surface area (Å²) in [6.07, 6.45) is 0. The Kier molecular flexibility index (Phi) is 2.27. The Bertz CT molecular complexity index is 454. The van der Waals surface area contributed by atoms with Gasteiger partial charge in [0.2, 0.25) is 0 Å². The molecule has 0 aliphatic heterocycles. The largest absolute Gasteiger partial charge is 0.327 e. The molecule has 0 amide bonds. The molecule has 0 heterocycles. The molecule has 1 fully saturated rings. The molecule has 2 N–H and O–H groups in total. The number of nitro benzene ring substituents is 1. The summed E-state index contributed by atoms with van der Waals surface area (Å²) in [6.45, 7) is 6.17. The Morgan fingerprint density at radius 3 is 2.44 bits per heavy atom. The number of benzene rings is 1. The summed E-state index contributed by atoms with van der Waals surface area (Å²) < 4.78 is 0. The lowest BCUT2D eigenvalue weighted by atomic mass is 9.98. The van der Waals surface area contributed by atoms with E-state index < -0.39 is 0 Å². The molecular weight excluding hydrogens is 204 g/mol. The zero-order valence-electron chi connectivity index (χ0n) is 9.73. The molecule has 4 nitrogen and oxygen atoms in total. The lowest BCUT2D eigenvalue weighted by Gasteiger charge is -2.06. The number of nitro groups is 1. The van der Waals surface area contributed by atoms with E-state index in [-0.39, 0.29) is 28.0 Å². The molecule has 1 aromatic carbocycles. The van der Waals surface area contributed by atoms with Gasteiger partial charge in [-0.2, -0.15) is 0 Å². The topological polar surface area (TPSA) is 69.2 Å². The van der Waals surface area contributed by atoms with Gasteiger partial charge in [0.1, 0.15) is 0 Å². The summed E-state index contributed by atoms with van der Waals surface area (Å²) in [5, 5.41) is 10.7. The average Bonchev–Trinajstić information content (AvgIpc) is 2.67. The van der Waals surface area contributed by atoms with Crippen LogP contribution in [0.3, 0.4) is 0 Å². The molecule has 1 aliphatic carbocycles. The van der Waals surface area contributed by atoms with E-state index in [4.69, 9.17) is 5.73 Å². The molecule has 1 aromatic rings. The lowest BCUT2D eigenvalue weighted by Crippen LogP contribution is -2.06. The zero-order chi connectivity index (χ0) is 12.1. The van der Waals surface area contributed by atoms with Gasteiger partial charge in [-0.1, -0.05) is 19.9 Å². The molecular formula is C12H16N2O2. The summed E-state index contributed by atoms with van der Waals surface area (Å²) in [6, 6.07) is 5.11. The van der Waals surface area contributed by atoms with Crippen molar-refractivity contribution in [3.8, 4) is 0 Å². The number of hydrogen-bond acceptors (Lipinski definition) is 3. The monoisotopic (exact) mass is 220 g/mol. The maximum Gasteiger partial charge on any atom is 0.269 e. The van der Waals surface area contributed by atoms with Gasteiger partial charge in [-0.25, -0.2) is 0 Å². The molecule has 1 saturated carbocycles. The van der Waals surface area contributed by atoms with Gasteiger partial charge in [0.25, 0.3) is 5.69 Å². The van der Waals surface area contributed by atoms with Crippen LogP contribution in [0.15, 0.2) is 18.2 Å². The van der Waals surface area contributed by atoms with Crippen molar-refractivity contribution >= 4 is 5.69 Å². The van der Waals surface area contributed by atoms with E-state index in [1.165, 1.54) is 0 Å². The van der Waals surface area contributed by atoms with Crippen LogP contribution in [0, 0.1) is 22.5 Å². The molecule has 2 atom stereocenters. The third-order valence-electron chi connectivity index (χ3n) is 3.72. The highest BCUT2D eigenvalue weighted by atomic mass is 16.6. The molecule has 0 spiro atoms. The Morgan fingerprint density at radius 1 is 1.44 bits per heavy atom. The highest BCUT2D eigenvalue weighted by Gasteiger charge is 2.56. The molecule has 0 saturated heterocycles. The summed E-state index contributed by atoms with van der Waals surface area (Å²) in [4.78, 5) is 10.4. The lowest BCUT2D eigenvalue weighted by molar-refractivity contribution is -0.384. The molecule has 2 rings (SSSR count). The second kappa shape index (κ2) is 3.28. The van der Waals surface area contributed by atoms with E-state index in [0.29, 0.717) is 0 Å². The number of nitrogens with zero attached hydrogens (tertiary/aromatic N) is 1.